The number of hydrogen-bond donors (Lipinski definition) is 1. The van der Waals surface area contributed by atoms with Crippen molar-refractivity contribution in [3.63, 3.8) is 0 Å². The molecule has 0 spiro atoms. The summed E-state index contributed by atoms with van der Waals surface area (Å²) in [5.41, 5.74) is 6.48. The Bertz CT molecular complexity index is 1370. The Morgan fingerprint density at radius 1 is 0.868 bits per heavy atom. The lowest BCUT2D eigenvalue weighted by atomic mass is 10.2. The van der Waals surface area contributed by atoms with Crippen LogP contribution in [0.25, 0.3) is 10.9 Å². The van der Waals surface area contributed by atoms with E-state index in [0.29, 0.717) is 12.6 Å². The number of anilines is 3. The first-order chi connectivity index (χ1) is 18.7. The Balaban J connectivity index is 1.18. The topological polar surface area (TPSA) is 83.7 Å². The molecule has 1 N–H and O–H groups in total. The van der Waals surface area contributed by atoms with E-state index in [4.69, 9.17) is 19.7 Å². The second-order valence-electron chi connectivity index (χ2n) is 9.97. The van der Waals surface area contributed by atoms with E-state index in [9.17, 15) is 0 Å². The normalized spacial score (nSPS) is 15.7. The number of rotatable bonds is 9. The molecule has 0 amide bonds. The standard InChI is InChI=1S/C29H34N8O/c1-22-10-12-24(13-11-22)38-19-18-37-21-23(25-8-2-3-9-26(25)37)20-30-34-27-31-28(35-14-4-5-15-35)33-29(32-27)36-16-6-7-17-36/h2-3,8-13,20-21H,4-7,14-19H2,1H3,(H,31,32,33,34)/b30-20+. The van der Waals surface area contributed by atoms with Gasteiger partial charge in [-0.2, -0.15) is 20.1 Å². The van der Waals surface area contributed by atoms with Crippen LogP contribution in [0.1, 0.15) is 36.8 Å². The van der Waals surface area contributed by atoms with Gasteiger partial charge >= 0.3 is 0 Å². The molecule has 2 aliphatic heterocycles. The quantitative estimate of drug-likeness (QED) is 0.254. The number of ether oxygens (including phenoxy) is 1. The van der Waals surface area contributed by atoms with Crippen molar-refractivity contribution in [2.24, 2.45) is 5.10 Å². The minimum atomic E-state index is 0.482. The molecule has 6 rings (SSSR count). The molecule has 0 atom stereocenters. The number of nitrogens with zero attached hydrogens (tertiary/aromatic N) is 7. The summed E-state index contributed by atoms with van der Waals surface area (Å²) in [4.78, 5) is 18.6. The molecule has 2 fully saturated rings. The number of para-hydroxylation sites is 1. The third kappa shape index (κ3) is 5.41. The molecule has 0 bridgehead atoms. The molecule has 38 heavy (non-hydrogen) atoms. The van der Waals surface area contributed by atoms with E-state index in [1.807, 2.05) is 18.3 Å². The Morgan fingerprint density at radius 3 is 2.21 bits per heavy atom. The molecule has 9 nitrogen and oxygen atoms in total. The molecule has 2 saturated heterocycles. The van der Waals surface area contributed by atoms with Crippen LogP contribution in [0.15, 0.2) is 59.8 Å². The molecule has 2 aromatic heterocycles. The molecule has 9 heteroatoms. The number of aromatic nitrogens is 4. The van der Waals surface area contributed by atoms with E-state index in [1.165, 1.54) is 31.2 Å². The molecular formula is C29H34N8O. The molecule has 0 unspecified atom stereocenters. The Hall–Kier alpha value is -4.14. The van der Waals surface area contributed by atoms with E-state index in [-0.39, 0.29) is 0 Å². The van der Waals surface area contributed by atoms with Gasteiger partial charge in [0.25, 0.3) is 0 Å². The fraction of sp³-hybridized carbons (Fsp3) is 0.379. The molecule has 196 valence electrons. The Morgan fingerprint density at radius 2 is 1.53 bits per heavy atom. The van der Waals surface area contributed by atoms with Crippen molar-refractivity contribution in [2.75, 3.05) is 48.0 Å². The highest BCUT2D eigenvalue weighted by Gasteiger charge is 2.21. The molecule has 4 aromatic rings. The summed E-state index contributed by atoms with van der Waals surface area (Å²) in [6.45, 7) is 7.34. The SMILES string of the molecule is Cc1ccc(OCCn2cc(/C=N/Nc3nc(N4CCCC4)nc(N4CCCC4)n3)c3ccccc32)cc1. The summed E-state index contributed by atoms with van der Waals surface area (Å²) in [5, 5.41) is 5.68. The third-order valence-electron chi connectivity index (χ3n) is 7.20. The number of hydrogen-bond acceptors (Lipinski definition) is 8. The predicted molar refractivity (Wildman–Crippen MR) is 153 cm³/mol. The van der Waals surface area contributed by atoms with Crippen molar-refractivity contribution >= 4 is 35.0 Å². The first kappa shape index (κ1) is 24.2. The fourth-order valence-corrected chi connectivity index (χ4v) is 5.14. The predicted octanol–water partition coefficient (Wildman–Crippen LogP) is 4.86. The van der Waals surface area contributed by atoms with Gasteiger partial charge in [-0.1, -0.05) is 35.9 Å². The summed E-state index contributed by atoms with van der Waals surface area (Å²) < 4.78 is 8.18. The number of hydrazone groups is 1. The van der Waals surface area contributed by atoms with Crippen molar-refractivity contribution in [2.45, 2.75) is 39.2 Å². The number of fused-ring (bicyclic) bond motifs is 1. The lowest BCUT2D eigenvalue weighted by Crippen LogP contribution is -2.25. The molecule has 4 heterocycles. The first-order valence-electron chi connectivity index (χ1n) is 13.6. The molecule has 2 aliphatic rings. The van der Waals surface area contributed by atoms with Crippen LogP contribution >= 0.6 is 0 Å². The minimum absolute atomic E-state index is 0.482. The number of nitrogens with one attached hydrogen (secondary N) is 1. The van der Waals surface area contributed by atoms with Gasteiger partial charge in [-0.05, 0) is 50.8 Å². The average Bonchev–Trinajstić information content (AvgIpc) is 3.72. The second kappa shape index (κ2) is 11.1. The smallest absolute Gasteiger partial charge is 0.250 e. The largest absolute Gasteiger partial charge is 0.492 e. The van der Waals surface area contributed by atoms with E-state index in [2.05, 4.69) is 74.4 Å². The van der Waals surface area contributed by atoms with Crippen molar-refractivity contribution in [3.05, 3.63) is 65.9 Å². The molecule has 2 aromatic carbocycles. The number of aryl methyl sites for hydroxylation is 1. The maximum Gasteiger partial charge on any atom is 0.250 e. The van der Waals surface area contributed by atoms with E-state index < -0.39 is 0 Å². The van der Waals surface area contributed by atoms with Crippen LogP contribution in [0, 0.1) is 6.92 Å². The summed E-state index contributed by atoms with van der Waals surface area (Å²) in [6, 6.07) is 16.5. The van der Waals surface area contributed by atoms with Gasteiger partial charge in [-0.15, -0.1) is 0 Å². The average molecular weight is 511 g/mol. The van der Waals surface area contributed by atoms with Gasteiger partial charge in [-0.25, -0.2) is 5.43 Å². The van der Waals surface area contributed by atoms with Crippen molar-refractivity contribution < 1.29 is 4.74 Å². The summed E-state index contributed by atoms with van der Waals surface area (Å²) in [6.07, 6.45) is 8.65. The van der Waals surface area contributed by atoms with Gasteiger partial charge in [0.2, 0.25) is 17.8 Å². The second-order valence-corrected chi connectivity index (χ2v) is 9.97. The van der Waals surface area contributed by atoms with E-state index in [0.717, 1.165) is 66.8 Å². The maximum absolute atomic E-state index is 5.97. The van der Waals surface area contributed by atoms with Gasteiger partial charge in [0.1, 0.15) is 12.4 Å². The van der Waals surface area contributed by atoms with Gasteiger partial charge < -0.3 is 19.1 Å². The van der Waals surface area contributed by atoms with Crippen molar-refractivity contribution in [3.8, 4) is 5.75 Å². The maximum atomic E-state index is 5.97. The van der Waals surface area contributed by atoms with Gasteiger partial charge in [0, 0.05) is 48.8 Å². The van der Waals surface area contributed by atoms with Gasteiger partial charge in [0.05, 0.1) is 12.8 Å². The molecular weight excluding hydrogens is 476 g/mol. The lowest BCUT2D eigenvalue weighted by Gasteiger charge is -2.20. The van der Waals surface area contributed by atoms with Crippen LogP contribution in [0.3, 0.4) is 0 Å². The highest BCUT2D eigenvalue weighted by Crippen LogP contribution is 2.24. The Labute approximate surface area is 223 Å². The first-order valence-corrected chi connectivity index (χ1v) is 13.6. The minimum Gasteiger partial charge on any atom is -0.492 e. The highest BCUT2D eigenvalue weighted by molar-refractivity contribution is 5.99. The van der Waals surface area contributed by atoms with Crippen LogP contribution in [-0.4, -0.2) is 58.5 Å². The van der Waals surface area contributed by atoms with Gasteiger partial charge in [0.15, 0.2) is 0 Å². The summed E-state index contributed by atoms with van der Waals surface area (Å²) >= 11 is 0. The molecule has 0 radical (unpaired) electrons. The van der Waals surface area contributed by atoms with Crippen molar-refractivity contribution in [1.29, 1.82) is 0 Å². The summed E-state index contributed by atoms with van der Waals surface area (Å²) in [7, 11) is 0. The molecule has 0 aliphatic carbocycles. The lowest BCUT2D eigenvalue weighted by molar-refractivity contribution is 0.300. The van der Waals surface area contributed by atoms with Crippen LogP contribution in [0.2, 0.25) is 0 Å². The summed E-state index contributed by atoms with van der Waals surface area (Å²) in [5.74, 6) is 2.84. The molecule has 0 saturated carbocycles. The zero-order chi connectivity index (χ0) is 25.7. The van der Waals surface area contributed by atoms with Crippen LogP contribution < -0.4 is 20.0 Å². The van der Waals surface area contributed by atoms with E-state index >= 15 is 0 Å². The van der Waals surface area contributed by atoms with Crippen LogP contribution in [0.5, 0.6) is 5.75 Å². The zero-order valence-corrected chi connectivity index (χ0v) is 21.9. The van der Waals surface area contributed by atoms with Crippen molar-refractivity contribution in [1.82, 2.24) is 19.5 Å². The zero-order valence-electron chi connectivity index (χ0n) is 21.9. The monoisotopic (exact) mass is 510 g/mol. The van der Waals surface area contributed by atoms with Crippen LogP contribution in [0.4, 0.5) is 17.8 Å². The third-order valence-corrected chi connectivity index (χ3v) is 7.20. The van der Waals surface area contributed by atoms with E-state index in [1.54, 1.807) is 0 Å². The number of benzene rings is 2. The Kier molecular flexibility index (Phi) is 7.06. The van der Waals surface area contributed by atoms with Gasteiger partial charge in [-0.3, -0.25) is 0 Å². The highest BCUT2D eigenvalue weighted by atomic mass is 16.5. The fourth-order valence-electron chi connectivity index (χ4n) is 5.14. The van der Waals surface area contributed by atoms with Crippen LogP contribution in [-0.2, 0) is 6.54 Å².